The summed E-state index contributed by atoms with van der Waals surface area (Å²) in [5.74, 6) is 0. The minimum atomic E-state index is 0.164. The summed E-state index contributed by atoms with van der Waals surface area (Å²) in [6.45, 7) is 6.18. The quantitative estimate of drug-likeness (QED) is 0.741. The summed E-state index contributed by atoms with van der Waals surface area (Å²) < 4.78 is 7.97. The summed E-state index contributed by atoms with van der Waals surface area (Å²) in [6, 6.07) is 14.6. The molecule has 0 amide bonds. The van der Waals surface area contributed by atoms with E-state index in [2.05, 4.69) is 45.0 Å². The van der Waals surface area contributed by atoms with Crippen LogP contribution >= 0.6 is 0 Å². The van der Waals surface area contributed by atoms with Crippen molar-refractivity contribution in [2.45, 2.75) is 32.7 Å². The molecule has 1 atom stereocenters. The molecule has 0 radical (unpaired) electrons. The highest BCUT2D eigenvalue weighted by Crippen LogP contribution is 2.18. The Kier molecular flexibility index (Phi) is 4.28. The van der Waals surface area contributed by atoms with E-state index >= 15 is 0 Å². The molecule has 0 N–H and O–H groups in total. The maximum atomic E-state index is 5.90. The van der Waals surface area contributed by atoms with Gasteiger partial charge in [0.05, 0.1) is 29.6 Å². The summed E-state index contributed by atoms with van der Waals surface area (Å²) in [4.78, 5) is 7.21. The minimum absolute atomic E-state index is 0.164. The summed E-state index contributed by atoms with van der Waals surface area (Å²) in [5, 5.41) is 5.61. The number of aromatic nitrogens is 3. The molecule has 0 saturated heterocycles. The average Bonchev–Trinajstić information content (AvgIpc) is 2.95. The van der Waals surface area contributed by atoms with Crippen molar-refractivity contribution in [2.24, 2.45) is 0 Å². The first kappa shape index (κ1) is 15.3. The molecule has 0 aliphatic carbocycles. The van der Waals surface area contributed by atoms with Crippen LogP contribution in [0.2, 0.25) is 0 Å². The first-order valence-corrected chi connectivity index (χ1v) is 8.51. The molecule has 5 nitrogen and oxygen atoms in total. The number of para-hydroxylation sites is 1. The van der Waals surface area contributed by atoms with Crippen molar-refractivity contribution >= 4 is 10.9 Å². The van der Waals surface area contributed by atoms with Gasteiger partial charge in [0, 0.05) is 37.8 Å². The monoisotopic (exact) mass is 322 g/mol. The van der Waals surface area contributed by atoms with Crippen molar-refractivity contribution < 1.29 is 4.74 Å². The number of hydrogen-bond acceptors (Lipinski definition) is 4. The molecule has 0 bridgehead atoms. The van der Waals surface area contributed by atoms with Crippen LogP contribution in [0.4, 0.5) is 0 Å². The fourth-order valence-electron chi connectivity index (χ4n) is 3.38. The molecular weight excluding hydrogens is 300 g/mol. The van der Waals surface area contributed by atoms with Gasteiger partial charge in [-0.3, -0.25) is 14.6 Å². The highest BCUT2D eigenvalue weighted by atomic mass is 16.5. The Balaban J connectivity index is 1.57. The molecule has 3 heterocycles. The third-order valence-electron chi connectivity index (χ3n) is 4.47. The van der Waals surface area contributed by atoms with Crippen LogP contribution in [0, 0.1) is 0 Å². The van der Waals surface area contributed by atoms with Crippen molar-refractivity contribution in [3.8, 4) is 0 Å². The van der Waals surface area contributed by atoms with E-state index in [4.69, 9.17) is 9.72 Å². The van der Waals surface area contributed by atoms with Crippen LogP contribution in [0.25, 0.3) is 10.9 Å². The molecule has 0 saturated carbocycles. The number of rotatable bonds is 4. The number of benzene rings is 1. The van der Waals surface area contributed by atoms with Crippen molar-refractivity contribution in [2.75, 3.05) is 13.2 Å². The van der Waals surface area contributed by atoms with Gasteiger partial charge in [-0.05, 0) is 25.1 Å². The lowest BCUT2D eigenvalue weighted by atomic mass is 10.2. The fraction of sp³-hybridized carbons (Fsp3) is 0.368. The first-order valence-electron chi connectivity index (χ1n) is 8.51. The number of pyridine rings is 1. The molecule has 0 fully saturated rings. The Morgan fingerprint density at radius 3 is 2.96 bits per heavy atom. The number of fused-ring (bicyclic) bond motifs is 2. The predicted molar refractivity (Wildman–Crippen MR) is 93.5 cm³/mol. The van der Waals surface area contributed by atoms with E-state index < -0.39 is 0 Å². The number of nitrogens with zero attached hydrogens (tertiary/aromatic N) is 4. The summed E-state index contributed by atoms with van der Waals surface area (Å²) in [5.41, 5.74) is 3.38. The van der Waals surface area contributed by atoms with Gasteiger partial charge in [0.15, 0.2) is 0 Å². The maximum absolute atomic E-state index is 5.90. The Hall–Kier alpha value is -2.24. The molecule has 1 aromatic carbocycles. The molecule has 3 aromatic rings. The zero-order valence-electron chi connectivity index (χ0n) is 13.9. The summed E-state index contributed by atoms with van der Waals surface area (Å²) >= 11 is 0. The van der Waals surface area contributed by atoms with Crippen molar-refractivity contribution in [1.29, 1.82) is 0 Å². The van der Waals surface area contributed by atoms with Crippen molar-refractivity contribution in [3.63, 3.8) is 0 Å². The van der Waals surface area contributed by atoms with Gasteiger partial charge < -0.3 is 4.74 Å². The first-order chi connectivity index (χ1) is 11.8. The molecule has 1 aliphatic rings. The molecule has 2 aromatic heterocycles. The van der Waals surface area contributed by atoms with Gasteiger partial charge in [0.25, 0.3) is 0 Å². The van der Waals surface area contributed by atoms with Gasteiger partial charge in [0.2, 0.25) is 0 Å². The lowest BCUT2D eigenvalue weighted by Crippen LogP contribution is -2.33. The van der Waals surface area contributed by atoms with Gasteiger partial charge >= 0.3 is 0 Å². The SMILES string of the molecule is CCO[C@@H]1CN(Cc2ccc3ccccc3n2)Cc2ccnn2C1. The van der Waals surface area contributed by atoms with Gasteiger partial charge in [0.1, 0.15) is 0 Å². The highest BCUT2D eigenvalue weighted by Gasteiger charge is 2.22. The molecule has 0 unspecified atom stereocenters. The van der Waals surface area contributed by atoms with E-state index in [0.717, 1.165) is 44.0 Å². The largest absolute Gasteiger partial charge is 0.375 e. The summed E-state index contributed by atoms with van der Waals surface area (Å²) in [7, 11) is 0. The second-order valence-electron chi connectivity index (χ2n) is 6.25. The van der Waals surface area contributed by atoms with Gasteiger partial charge in [-0.25, -0.2) is 0 Å². The highest BCUT2D eigenvalue weighted by molar-refractivity contribution is 5.78. The standard InChI is InChI=1S/C19H22N4O/c1-2-24-18-13-22(12-17-9-10-20-23(17)14-18)11-16-8-7-15-5-3-4-6-19(15)21-16/h3-10,18H,2,11-14H2,1H3/t18-/m1/s1. The molecule has 124 valence electrons. The molecular formula is C19H22N4O. The normalized spacial score (nSPS) is 18.5. The van der Waals surface area contributed by atoms with E-state index in [9.17, 15) is 0 Å². The molecule has 5 heteroatoms. The van der Waals surface area contributed by atoms with Crippen LogP contribution in [0.1, 0.15) is 18.3 Å². The van der Waals surface area contributed by atoms with Gasteiger partial charge in [-0.2, -0.15) is 5.10 Å². The number of hydrogen-bond donors (Lipinski definition) is 0. The van der Waals surface area contributed by atoms with Crippen LogP contribution in [-0.2, 0) is 24.4 Å². The Labute approximate surface area is 141 Å². The Morgan fingerprint density at radius 2 is 2.04 bits per heavy atom. The fourth-order valence-corrected chi connectivity index (χ4v) is 3.38. The lowest BCUT2D eigenvalue weighted by molar-refractivity contribution is 0.0249. The smallest absolute Gasteiger partial charge is 0.0897 e. The lowest BCUT2D eigenvalue weighted by Gasteiger charge is -2.23. The topological polar surface area (TPSA) is 43.2 Å². The predicted octanol–water partition coefficient (Wildman–Crippen LogP) is 2.85. The third-order valence-corrected chi connectivity index (χ3v) is 4.47. The Morgan fingerprint density at radius 1 is 1.12 bits per heavy atom. The van der Waals surface area contributed by atoms with Crippen molar-refractivity contribution in [1.82, 2.24) is 19.7 Å². The average molecular weight is 322 g/mol. The molecule has 4 rings (SSSR count). The van der Waals surface area contributed by atoms with E-state index in [1.54, 1.807) is 0 Å². The van der Waals surface area contributed by atoms with Crippen LogP contribution in [0.3, 0.4) is 0 Å². The Bertz CT molecular complexity index is 829. The van der Waals surface area contributed by atoms with Crippen molar-refractivity contribution in [3.05, 3.63) is 60.0 Å². The number of ether oxygens (including phenoxy) is 1. The van der Waals surface area contributed by atoms with Crippen LogP contribution in [0.15, 0.2) is 48.7 Å². The van der Waals surface area contributed by atoms with Crippen LogP contribution < -0.4 is 0 Å². The van der Waals surface area contributed by atoms with Crippen LogP contribution in [-0.4, -0.2) is 38.9 Å². The molecule has 0 spiro atoms. The van der Waals surface area contributed by atoms with Gasteiger partial charge in [-0.1, -0.05) is 24.3 Å². The van der Waals surface area contributed by atoms with Gasteiger partial charge in [-0.15, -0.1) is 0 Å². The van der Waals surface area contributed by atoms with E-state index in [1.165, 1.54) is 11.1 Å². The second kappa shape index (κ2) is 6.71. The second-order valence-corrected chi connectivity index (χ2v) is 6.25. The molecule has 1 aliphatic heterocycles. The zero-order chi connectivity index (χ0) is 16.4. The van der Waals surface area contributed by atoms with Crippen LogP contribution in [0.5, 0.6) is 0 Å². The maximum Gasteiger partial charge on any atom is 0.0897 e. The van der Waals surface area contributed by atoms with E-state index in [1.807, 2.05) is 25.3 Å². The minimum Gasteiger partial charge on any atom is -0.375 e. The van der Waals surface area contributed by atoms with E-state index in [-0.39, 0.29) is 6.10 Å². The summed E-state index contributed by atoms with van der Waals surface area (Å²) in [6.07, 6.45) is 2.03. The zero-order valence-corrected chi connectivity index (χ0v) is 13.9. The third kappa shape index (κ3) is 3.18. The molecule has 24 heavy (non-hydrogen) atoms. The van der Waals surface area contributed by atoms with E-state index in [0.29, 0.717) is 0 Å².